The van der Waals surface area contributed by atoms with Crippen LogP contribution >= 0.6 is 0 Å². The third-order valence-corrected chi connectivity index (χ3v) is 11.6. The quantitative estimate of drug-likeness (QED) is 0.311. The first kappa shape index (κ1) is 43.1. The van der Waals surface area contributed by atoms with Gasteiger partial charge in [0.15, 0.2) is 0 Å². The van der Waals surface area contributed by atoms with Crippen molar-refractivity contribution < 1.29 is 0 Å². The van der Waals surface area contributed by atoms with E-state index < -0.39 is 0 Å². The van der Waals surface area contributed by atoms with E-state index in [1.807, 2.05) is 0 Å². The lowest BCUT2D eigenvalue weighted by Crippen LogP contribution is -2.39. The lowest BCUT2D eigenvalue weighted by atomic mass is 9.60. The minimum absolute atomic E-state index is 0.843. The largest absolute Gasteiger partial charge is 0.0628 e. The summed E-state index contributed by atoms with van der Waals surface area (Å²) in [6.07, 6.45) is 10.1. The maximum absolute atomic E-state index is 2.39. The van der Waals surface area contributed by atoms with Gasteiger partial charge in [-0.1, -0.05) is 144 Å². The minimum atomic E-state index is 0.843. The summed E-state index contributed by atoms with van der Waals surface area (Å²) in [6.45, 7) is 44.2. The summed E-state index contributed by atoms with van der Waals surface area (Å²) in [5.74, 6) is 14.1. The second-order valence-corrected chi connectivity index (χ2v) is 17.7. The lowest BCUT2D eigenvalue weighted by Gasteiger charge is -2.45. The van der Waals surface area contributed by atoms with E-state index in [0.717, 1.165) is 88.8 Å². The molecule has 3 aliphatic carbocycles. The van der Waals surface area contributed by atoms with Gasteiger partial charge in [-0.15, -0.1) is 0 Å². The van der Waals surface area contributed by atoms with Crippen molar-refractivity contribution in [2.75, 3.05) is 0 Å². The molecule has 3 saturated carbocycles. The van der Waals surface area contributed by atoms with E-state index in [0.29, 0.717) is 0 Å². The van der Waals surface area contributed by atoms with Crippen LogP contribution in [0.4, 0.5) is 0 Å². The fraction of sp³-hybridized carbons (Fsp3) is 1.00. The first-order valence-corrected chi connectivity index (χ1v) is 18.7. The second-order valence-electron chi connectivity index (χ2n) is 17.7. The van der Waals surface area contributed by atoms with Gasteiger partial charge in [-0.3, -0.25) is 0 Å². The van der Waals surface area contributed by atoms with Crippen molar-refractivity contribution in [3.8, 4) is 0 Å². The van der Waals surface area contributed by atoms with Gasteiger partial charge in [-0.2, -0.15) is 0 Å². The summed E-state index contributed by atoms with van der Waals surface area (Å²) in [6, 6.07) is 0. The molecule has 3 rings (SSSR count). The van der Waals surface area contributed by atoms with Crippen LogP contribution in [0.3, 0.4) is 0 Å². The molecule has 0 spiro atoms. The van der Waals surface area contributed by atoms with Crippen molar-refractivity contribution in [2.45, 2.75) is 176 Å². The Balaban J connectivity index is 0. The van der Waals surface area contributed by atoms with Gasteiger partial charge < -0.3 is 0 Å². The monoisotopic (exact) mass is 579 g/mol. The molecule has 0 bridgehead atoms. The van der Waals surface area contributed by atoms with Crippen molar-refractivity contribution in [3.05, 3.63) is 0 Å². The summed E-state index contributed by atoms with van der Waals surface area (Å²) in [4.78, 5) is 0. The molecule has 0 N–H and O–H groups in total. The molecular formula is C41H86. The molecule has 0 aromatic heterocycles. The normalized spacial score (nSPS) is 34.8. The summed E-state index contributed by atoms with van der Waals surface area (Å²) >= 11 is 0. The summed E-state index contributed by atoms with van der Waals surface area (Å²) < 4.78 is 0. The Morgan fingerprint density at radius 2 is 0.707 bits per heavy atom. The molecule has 3 atom stereocenters. The molecule has 0 aromatic carbocycles. The topological polar surface area (TPSA) is 0 Å². The Morgan fingerprint density at radius 3 is 0.878 bits per heavy atom. The Kier molecular flexibility index (Phi) is 23.7. The van der Waals surface area contributed by atoms with Crippen molar-refractivity contribution in [1.82, 2.24) is 0 Å². The molecule has 0 heteroatoms. The van der Waals surface area contributed by atoms with E-state index >= 15 is 0 Å². The third-order valence-electron chi connectivity index (χ3n) is 11.6. The molecular weight excluding hydrogens is 492 g/mol. The van der Waals surface area contributed by atoms with Crippen molar-refractivity contribution >= 4 is 0 Å². The van der Waals surface area contributed by atoms with E-state index in [2.05, 4.69) is 132 Å². The molecule has 3 fully saturated rings. The van der Waals surface area contributed by atoms with E-state index in [9.17, 15) is 0 Å². The predicted octanol–water partition coefficient (Wildman–Crippen LogP) is 14.3. The highest BCUT2D eigenvalue weighted by molar-refractivity contribution is 4.86. The Morgan fingerprint density at radius 1 is 0.390 bits per heavy atom. The van der Waals surface area contributed by atoms with Crippen LogP contribution in [0.1, 0.15) is 176 Å². The average molecular weight is 579 g/mol. The number of rotatable bonds is 4. The average Bonchev–Trinajstić information content (AvgIpc) is 2.84. The maximum atomic E-state index is 2.39. The van der Waals surface area contributed by atoms with Crippen molar-refractivity contribution in [1.29, 1.82) is 0 Å². The first-order chi connectivity index (χ1) is 18.7. The molecule has 0 amide bonds. The summed E-state index contributed by atoms with van der Waals surface area (Å²) in [7, 11) is 0. The van der Waals surface area contributed by atoms with E-state index in [-0.39, 0.29) is 0 Å². The Bertz CT molecular complexity index is 514. The predicted molar refractivity (Wildman–Crippen MR) is 192 cm³/mol. The van der Waals surface area contributed by atoms with Gasteiger partial charge in [0, 0.05) is 0 Å². The van der Waals surface area contributed by atoms with E-state index in [4.69, 9.17) is 0 Å². The zero-order valence-corrected chi connectivity index (χ0v) is 32.6. The number of hydrogen-bond acceptors (Lipinski definition) is 0. The third kappa shape index (κ3) is 20.6. The molecule has 41 heavy (non-hydrogen) atoms. The summed E-state index contributed by atoms with van der Waals surface area (Å²) in [5.41, 5.74) is 0. The Hall–Kier alpha value is 0. The minimum Gasteiger partial charge on any atom is -0.0628 e. The smallest absolute Gasteiger partial charge is 0.0386 e. The van der Waals surface area contributed by atoms with Crippen molar-refractivity contribution in [2.24, 2.45) is 88.8 Å². The fourth-order valence-electron chi connectivity index (χ4n) is 7.65. The summed E-state index contributed by atoms with van der Waals surface area (Å²) in [5, 5.41) is 0. The molecule has 0 radical (unpaired) electrons. The Labute approximate surface area is 264 Å². The zero-order chi connectivity index (χ0) is 32.6. The van der Waals surface area contributed by atoms with Crippen LogP contribution in [-0.2, 0) is 0 Å². The maximum Gasteiger partial charge on any atom is -0.0386 e. The van der Waals surface area contributed by atoms with E-state index in [1.165, 1.54) is 44.9 Å². The van der Waals surface area contributed by atoms with Gasteiger partial charge in [0.1, 0.15) is 0 Å². The lowest BCUT2D eigenvalue weighted by molar-refractivity contribution is 0.0302. The van der Waals surface area contributed by atoms with Crippen LogP contribution in [0.15, 0.2) is 0 Å². The van der Waals surface area contributed by atoms with Gasteiger partial charge in [0.25, 0.3) is 0 Å². The van der Waals surface area contributed by atoms with Crippen LogP contribution in [0.25, 0.3) is 0 Å². The molecule has 0 aromatic rings. The van der Waals surface area contributed by atoms with Crippen LogP contribution in [0.2, 0.25) is 0 Å². The van der Waals surface area contributed by atoms with Gasteiger partial charge in [0.05, 0.1) is 0 Å². The van der Waals surface area contributed by atoms with Gasteiger partial charge >= 0.3 is 0 Å². The standard InChI is InChI=1S/2C9H18.C8H16.C8H18.C7H16/c1-7-4-8(2)6-9(3)5-7;1-7-4-5-8(2)9(3)6-7;1-5-6(2)8(4)7(5)3;1-6(2)8(5)7(3)4;1-6(2)5-7(3)4/h2*7-9H,4-6H2,1-3H3;5-8H,1-4H3;6-8H,1-5H3;6-7H,5H2,1-4H3. The SMILES string of the molecule is CC(C)C(C)C(C)C.CC(C)CC(C)C.CC1C(C)C(C)C1C.CC1CC(C)CC(C)C1.CC1CCC(C)C(C)C1. The molecule has 0 saturated heterocycles. The highest BCUT2D eigenvalue weighted by atomic mass is 14.4. The molecule has 0 heterocycles. The molecule has 0 nitrogen and oxygen atoms in total. The van der Waals surface area contributed by atoms with Gasteiger partial charge in [-0.05, 0) is 121 Å². The van der Waals surface area contributed by atoms with Crippen LogP contribution < -0.4 is 0 Å². The number of hydrogen-bond donors (Lipinski definition) is 0. The molecule has 250 valence electrons. The highest BCUT2D eigenvalue weighted by Crippen LogP contribution is 2.44. The van der Waals surface area contributed by atoms with Gasteiger partial charge in [-0.25, -0.2) is 0 Å². The second kappa shape index (κ2) is 22.5. The van der Waals surface area contributed by atoms with Crippen molar-refractivity contribution in [3.63, 3.8) is 0 Å². The fourth-order valence-corrected chi connectivity index (χ4v) is 7.65. The highest BCUT2D eigenvalue weighted by Gasteiger charge is 2.38. The van der Waals surface area contributed by atoms with E-state index in [1.54, 1.807) is 0 Å². The first-order valence-electron chi connectivity index (χ1n) is 18.7. The van der Waals surface area contributed by atoms with Gasteiger partial charge in [0.2, 0.25) is 0 Å². The molecule has 3 unspecified atom stereocenters. The van der Waals surface area contributed by atoms with Crippen LogP contribution in [0.5, 0.6) is 0 Å². The van der Waals surface area contributed by atoms with Crippen LogP contribution in [0, 0.1) is 88.8 Å². The zero-order valence-electron chi connectivity index (χ0n) is 32.6. The molecule has 0 aliphatic heterocycles. The van der Waals surface area contributed by atoms with Crippen LogP contribution in [-0.4, -0.2) is 0 Å². The molecule has 3 aliphatic rings.